The smallest absolute Gasteiger partial charge is 0.333 e. The number of carboxylic acids is 2. The molecule has 4 atom stereocenters. The highest BCUT2D eigenvalue weighted by molar-refractivity contribution is 6.18. The van der Waals surface area contributed by atoms with E-state index in [9.17, 15) is 24.9 Å². The molecule has 0 aromatic rings. The van der Waals surface area contributed by atoms with Crippen LogP contribution in [-0.4, -0.2) is 50.5 Å². The van der Waals surface area contributed by atoms with Gasteiger partial charge < -0.3 is 20.4 Å². The number of aliphatic carboxylic acids is 2. The molecular weight excluding hydrogens is 312 g/mol. The Morgan fingerprint density at radius 1 is 1.36 bits per heavy atom. The first-order valence-electron chi connectivity index (χ1n) is 7.24. The van der Waals surface area contributed by atoms with E-state index in [1.54, 1.807) is 0 Å². The van der Waals surface area contributed by atoms with Gasteiger partial charge in [0.25, 0.3) is 0 Å². The van der Waals surface area contributed by atoms with Crippen LogP contribution in [0, 0.1) is 23.7 Å². The van der Waals surface area contributed by atoms with E-state index in [0.29, 0.717) is 6.42 Å². The van der Waals surface area contributed by atoms with Gasteiger partial charge in [0.05, 0.1) is 29.6 Å². The first-order chi connectivity index (χ1) is 10.2. The van der Waals surface area contributed by atoms with Crippen molar-refractivity contribution >= 4 is 23.5 Å². The van der Waals surface area contributed by atoms with Crippen LogP contribution in [0.3, 0.4) is 0 Å². The lowest BCUT2D eigenvalue weighted by molar-refractivity contribution is -0.161. The van der Waals surface area contributed by atoms with Crippen molar-refractivity contribution < 1.29 is 30.0 Å². The Bertz CT molecular complexity index is 461. The summed E-state index contributed by atoms with van der Waals surface area (Å²) in [6.07, 6.45) is 2.08. The summed E-state index contributed by atoms with van der Waals surface area (Å²) in [6.45, 7) is 3.16. The van der Waals surface area contributed by atoms with E-state index in [0.717, 1.165) is 0 Å². The minimum Gasteiger partial charge on any atom is -0.481 e. The van der Waals surface area contributed by atoms with Gasteiger partial charge in [-0.05, 0) is 30.6 Å². The van der Waals surface area contributed by atoms with Gasteiger partial charge in [-0.15, -0.1) is 11.6 Å². The highest BCUT2D eigenvalue weighted by Crippen LogP contribution is 2.46. The van der Waals surface area contributed by atoms with Crippen LogP contribution in [0.15, 0.2) is 11.6 Å². The molecule has 0 amide bonds. The number of halogens is 1. The Kier molecular flexibility index (Phi) is 6.40. The molecule has 0 aliphatic heterocycles. The van der Waals surface area contributed by atoms with Gasteiger partial charge in [-0.2, -0.15) is 0 Å². The maximum Gasteiger partial charge on any atom is 0.333 e. The molecule has 6 nitrogen and oxygen atoms in total. The Hall–Kier alpha value is -1.11. The van der Waals surface area contributed by atoms with Crippen LogP contribution >= 0.6 is 11.6 Å². The number of hydrogen-bond acceptors (Lipinski definition) is 4. The van der Waals surface area contributed by atoms with Crippen LogP contribution in [0.4, 0.5) is 0 Å². The number of aliphatic hydroxyl groups excluding tert-OH is 1. The number of hydrogen-bond donors (Lipinski definition) is 4. The first-order valence-corrected chi connectivity index (χ1v) is 7.77. The molecular formula is C15H23ClO6. The quantitative estimate of drug-likeness (QED) is 0.430. The fraction of sp³-hybridized carbons (Fsp3) is 0.733. The van der Waals surface area contributed by atoms with Crippen molar-refractivity contribution in [2.24, 2.45) is 23.7 Å². The number of alkyl halides is 1. The maximum absolute atomic E-state index is 11.7. The average Bonchev–Trinajstić information content (AvgIpc) is 2.43. The largest absolute Gasteiger partial charge is 0.481 e. The first kappa shape index (κ1) is 18.9. The second-order valence-electron chi connectivity index (χ2n) is 6.23. The van der Waals surface area contributed by atoms with E-state index < -0.39 is 36.0 Å². The number of allylic oxidation sites excluding steroid dienone is 1. The SMILES string of the molecule is CC(C)[C@H]1CC[C@@](O)(CCl)[C@@H](C(=O)O)[C@@H]1/C=C(\CO)C(=O)O. The van der Waals surface area contributed by atoms with Crippen molar-refractivity contribution in [1.82, 2.24) is 0 Å². The molecule has 0 aromatic heterocycles. The van der Waals surface area contributed by atoms with Gasteiger partial charge in [-0.25, -0.2) is 4.79 Å². The van der Waals surface area contributed by atoms with Gasteiger partial charge in [0.15, 0.2) is 0 Å². The Morgan fingerprint density at radius 2 is 1.95 bits per heavy atom. The Labute approximate surface area is 134 Å². The Balaban J connectivity index is 3.36. The summed E-state index contributed by atoms with van der Waals surface area (Å²) in [5.41, 5.74) is -1.85. The van der Waals surface area contributed by atoms with Crippen molar-refractivity contribution in [3.05, 3.63) is 11.6 Å². The standard InChI is InChI=1S/C15H23ClO6/c1-8(2)10-3-4-15(22,7-16)12(14(20)21)11(10)5-9(6-17)13(18)19/h5,8,10-12,17,22H,3-4,6-7H2,1-2H3,(H,18,19)(H,20,21)/b9-5+/t10-,11-,12-,15-/m1/s1. The number of carbonyl (C=O) groups is 2. The van der Waals surface area contributed by atoms with Crippen LogP contribution in [0.2, 0.25) is 0 Å². The van der Waals surface area contributed by atoms with Gasteiger partial charge in [0.1, 0.15) is 0 Å². The number of aliphatic hydroxyl groups is 2. The van der Waals surface area contributed by atoms with Crippen molar-refractivity contribution in [2.45, 2.75) is 32.3 Å². The molecule has 1 rings (SSSR count). The zero-order chi connectivity index (χ0) is 17.1. The number of carboxylic acid groups (broad SMARTS) is 2. The lowest BCUT2D eigenvalue weighted by Crippen LogP contribution is -2.53. The van der Waals surface area contributed by atoms with Crippen LogP contribution < -0.4 is 0 Å². The highest BCUT2D eigenvalue weighted by Gasteiger charge is 2.51. The van der Waals surface area contributed by atoms with Crippen molar-refractivity contribution in [2.75, 3.05) is 12.5 Å². The molecule has 0 spiro atoms. The normalized spacial score (nSPS) is 33.0. The molecule has 126 valence electrons. The third-order valence-corrected chi connectivity index (χ3v) is 5.02. The van der Waals surface area contributed by atoms with E-state index in [1.165, 1.54) is 6.08 Å². The van der Waals surface area contributed by atoms with E-state index in [2.05, 4.69) is 0 Å². The van der Waals surface area contributed by atoms with E-state index >= 15 is 0 Å². The molecule has 1 saturated carbocycles. The predicted octanol–water partition coefficient (Wildman–Crippen LogP) is 1.34. The third-order valence-electron chi connectivity index (χ3n) is 4.56. The minimum atomic E-state index is -1.58. The second-order valence-corrected chi connectivity index (χ2v) is 6.50. The lowest BCUT2D eigenvalue weighted by atomic mass is 9.61. The summed E-state index contributed by atoms with van der Waals surface area (Å²) in [4.78, 5) is 22.8. The fourth-order valence-electron chi connectivity index (χ4n) is 3.34. The van der Waals surface area contributed by atoms with Gasteiger partial charge in [0.2, 0.25) is 0 Å². The molecule has 22 heavy (non-hydrogen) atoms. The summed E-state index contributed by atoms with van der Waals surface area (Å²) in [7, 11) is 0. The summed E-state index contributed by atoms with van der Waals surface area (Å²) >= 11 is 5.79. The zero-order valence-electron chi connectivity index (χ0n) is 12.7. The minimum absolute atomic E-state index is 0.106. The van der Waals surface area contributed by atoms with E-state index in [-0.39, 0.29) is 29.7 Å². The number of rotatable bonds is 6. The molecule has 1 aliphatic rings. The lowest BCUT2D eigenvalue weighted by Gasteiger charge is -2.46. The zero-order valence-corrected chi connectivity index (χ0v) is 13.5. The highest BCUT2D eigenvalue weighted by atomic mass is 35.5. The maximum atomic E-state index is 11.7. The van der Waals surface area contributed by atoms with E-state index in [4.69, 9.17) is 16.7 Å². The molecule has 0 heterocycles. The predicted molar refractivity (Wildman–Crippen MR) is 80.7 cm³/mol. The van der Waals surface area contributed by atoms with Gasteiger partial charge in [0, 0.05) is 0 Å². The topological polar surface area (TPSA) is 115 Å². The molecule has 7 heteroatoms. The molecule has 0 saturated heterocycles. The van der Waals surface area contributed by atoms with Crippen molar-refractivity contribution in [3.8, 4) is 0 Å². The van der Waals surface area contributed by atoms with Gasteiger partial charge in [-0.3, -0.25) is 4.79 Å². The van der Waals surface area contributed by atoms with Crippen molar-refractivity contribution in [1.29, 1.82) is 0 Å². The van der Waals surface area contributed by atoms with E-state index in [1.807, 2.05) is 13.8 Å². The second kappa shape index (κ2) is 7.44. The molecule has 0 radical (unpaired) electrons. The molecule has 0 aromatic carbocycles. The van der Waals surface area contributed by atoms with Crippen molar-refractivity contribution in [3.63, 3.8) is 0 Å². The molecule has 0 unspecified atom stereocenters. The summed E-state index contributed by atoms with van der Waals surface area (Å²) in [6, 6.07) is 0. The molecule has 1 aliphatic carbocycles. The fourth-order valence-corrected chi connectivity index (χ4v) is 3.64. The van der Waals surface area contributed by atoms with Gasteiger partial charge >= 0.3 is 11.9 Å². The van der Waals surface area contributed by atoms with Crippen LogP contribution in [0.25, 0.3) is 0 Å². The monoisotopic (exact) mass is 334 g/mol. The molecule has 4 N–H and O–H groups in total. The third kappa shape index (κ3) is 3.80. The van der Waals surface area contributed by atoms with Gasteiger partial charge in [-0.1, -0.05) is 19.9 Å². The summed E-state index contributed by atoms with van der Waals surface area (Å²) in [5.74, 6) is -4.64. The van der Waals surface area contributed by atoms with Crippen LogP contribution in [0.5, 0.6) is 0 Å². The summed E-state index contributed by atoms with van der Waals surface area (Å²) < 4.78 is 0. The summed E-state index contributed by atoms with van der Waals surface area (Å²) in [5, 5.41) is 38.3. The van der Waals surface area contributed by atoms with Crippen LogP contribution in [-0.2, 0) is 9.59 Å². The molecule has 0 bridgehead atoms. The van der Waals surface area contributed by atoms with Crippen LogP contribution in [0.1, 0.15) is 26.7 Å². The Morgan fingerprint density at radius 3 is 2.32 bits per heavy atom. The molecule has 1 fully saturated rings. The average molecular weight is 335 g/mol.